The number of ether oxygens (including phenoxy) is 1. The Morgan fingerprint density at radius 1 is 1.18 bits per heavy atom. The summed E-state index contributed by atoms with van der Waals surface area (Å²) in [5.41, 5.74) is 12.8. The number of nitrogens with zero attached hydrogens (tertiary/aromatic N) is 5. The average Bonchev–Trinajstić information content (AvgIpc) is 3.33. The summed E-state index contributed by atoms with van der Waals surface area (Å²) < 4.78 is 24.4. The number of halogens is 1. The Kier molecular flexibility index (Phi) is 4.50. The van der Waals surface area contributed by atoms with Crippen molar-refractivity contribution in [1.82, 2.24) is 24.5 Å². The van der Waals surface area contributed by atoms with Crippen LogP contribution in [0, 0.1) is 5.82 Å². The van der Waals surface area contributed by atoms with E-state index < -0.39 is 6.10 Å². The molecule has 7 nitrogen and oxygen atoms in total. The number of aromatic nitrogens is 5. The molecule has 0 radical (unpaired) electrons. The summed E-state index contributed by atoms with van der Waals surface area (Å²) in [7, 11) is 2.01. The fourth-order valence-corrected chi connectivity index (χ4v) is 5.02. The number of rotatable bonds is 1. The molecule has 33 heavy (non-hydrogen) atoms. The number of fused-ring (bicyclic) bond motifs is 7. The molecular weight excluding hydrogens is 419 g/mol. The zero-order valence-corrected chi connectivity index (χ0v) is 18.6. The first kappa shape index (κ1) is 20.0. The van der Waals surface area contributed by atoms with Crippen molar-refractivity contribution in [2.45, 2.75) is 44.6 Å². The van der Waals surface area contributed by atoms with Gasteiger partial charge < -0.3 is 10.5 Å². The van der Waals surface area contributed by atoms with Gasteiger partial charge in [-0.2, -0.15) is 10.2 Å². The van der Waals surface area contributed by atoms with Crippen LogP contribution in [0.5, 0.6) is 5.75 Å². The number of nitrogen functional groups attached to an aromatic ring is 1. The van der Waals surface area contributed by atoms with E-state index in [1.807, 2.05) is 35.5 Å². The normalized spacial score (nSPS) is 17.6. The summed E-state index contributed by atoms with van der Waals surface area (Å²) in [6, 6.07) is 8.60. The molecule has 4 aromatic rings. The summed E-state index contributed by atoms with van der Waals surface area (Å²) >= 11 is 0. The molecule has 1 aliphatic carbocycles. The number of nitrogens with two attached hydrogens (primary N) is 1. The third-order valence-corrected chi connectivity index (χ3v) is 6.86. The van der Waals surface area contributed by atoms with E-state index in [2.05, 4.69) is 10.1 Å². The highest BCUT2D eigenvalue weighted by Crippen LogP contribution is 2.44. The van der Waals surface area contributed by atoms with Crippen molar-refractivity contribution >= 4 is 5.82 Å². The van der Waals surface area contributed by atoms with Crippen LogP contribution in [0.15, 0.2) is 42.7 Å². The second-order valence-corrected chi connectivity index (χ2v) is 8.94. The highest BCUT2D eigenvalue weighted by molar-refractivity contribution is 5.73. The number of hydrogen-bond donors (Lipinski definition) is 1. The van der Waals surface area contributed by atoms with E-state index in [0.29, 0.717) is 29.5 Å². The monoisotopic (exact) mass is 444 g/mol. The third-order valence-electron chi connectivity index (χ3n) is 6.86. The van der Waals surface area contributed by atoms with Crippen LogP contribution in [0.4, 0.5) is 10.2 Å². The maximum Gasteiger partial charge on any atom is 0.166 e. The molecule has 0 saturated heterocycles. The lowest BCUT2D eigenvalue weighted by atomic mass is 9.80. The molecule has 2 aliphatic rings. The minimum absolute atomic E-state index is 0.302. The van der Waals surface area contributed by atoms with E-state index in [0.717, 1.165) is 41.0 Å². The van der Waals surface area contributed by atoms with Gasteiger partial charge >= 0.3 is 0 Å². The molecule has 0 amide bonds. The maximum absolute atomic E-state index is 14.2. The number of pyridine rings is 1. The molecule has 2 bridgehead atoms. The number of anilines is 1. The van der Waals surface area contributed by atoms with Crippen LogP contribution in [0.25, 0.3) is 16.8 Å². The summed E-state index contributed by atoms with van der Waals surface area (Å²) in [4.78, 5) is 4.45. The second-order valence-electron chi connectivity index (χ2n) is 8.94. The van der Waals surface area contributed by atoms with Gasteiger partial charge in [-0.1, -0.05) is 6.42 Å². The Labute approximate surface area is 191 Å². The summed E-state index contributed by atoms with van der Waals surface area (Å²) in [5.74, 6) is 0.928. The second kappa shape index (κ2) is 7.43. The van der Waals surface area contributed by atoms with E-state index >= 15 is 0 Å². The van der Waals surface area contributed by atoms with Gasteiger partial charge in [0.1, 0.15) is 11.9 Å². The lowest BCUT2D eigenvalue weighted by Crippen LogP contribution is -2.15. The first-order valence-electron chi connectivity index (χ1n) is 11.3. The molecule has 168 valence electrons. The molecule has 1 aliphatic heterocycles. The summed E-state index contributed by atoms with van der Waals surface area (Å²) in [6.45, 7) is 1.88. The first-order valence-corrected chi connectivity index (χ1v) is 11.3. The van der Waals surface area contributed by atoms with Crippen molar-refractivity contribution in [2.75, 3.05) is 5.73 Å². The minimum Gasteiger partial charge on any atom is -0.482 e. The van der Waals surface area contributed by atoms with Gasteiger partial charge in [-0.3, -0.25) is 4.68 Å². The highest BCUT2D eigenvalue weighted by Gasteiger charge is 2.30. The standard InChI is InChI=1S/C25H25FN6O/c1-14-19-11-17(26)6-7-21(19)32-18(8-9-29-32)12-20-23(16-10-22(33-14)25(27)28-13-16)24(31(2)30-20)15-4-3-5-15/h6-11,13-15H,3-5,12H2,1-2H3,(H2,27,28)/t14-/m1/s1. The zero-order valence-electron chi connectivity index (χ0n) is 18.6. The van der Waals surface area contributed by atoms with Crippen LogP contribution in [0.3, 0.4) is 0 Å². The molecule has 1 atom stereocenters. The van der Waals surface area contributed by atoms with Crippen molar-refractivity contribution in [3.8, 4) is 22.6 Å². The molecule has 1 fully saturated rings. The Bertz CT molecular complexity index is 1370. The smallest absolute Gasteiger partial charge is 0.166 e. The van der Waals surface area contributed by atoms with E-state index in [9.17, 15) is 4.39 Å². The van der Waals surface area contributed by atoms with Crippen molar-refractivity contribution in [2.24, 2.45) is 7.05 Å². The van der Waals surface area contributed by atoms with E-state index in [4.69, 9.17) is 15.6 Å². The lowest BCUT2D eigenvalue weighted by molar-refractivity contribution is 0.226. The average molecular weight is 445 g/mol. The molecule has 0 unspecified atom stereocenters. The van der Waals surface area contributed by atoms with Crippen molar-refractivity contribution in [3.05, 3.63) is 71.2 Å². The predicted molar refractivity (Wildman–Crippen MR) is 123 cm³/mol. The molecule has 3 aromatic heterocycles. The fraction of sp³-hybridized carbons (Fsp3) is 0.320. The van der Waals surface area contributed by atoms with Crippen LogP contribution >= 0.6 is 0 Å². The van der Waals surface area contributed by atoms with Gasteiger partial charge in [0.05, 0.1) is 17.1 Å². The van der Waals surface area contributed by atoms with E-state index in [1.54, 1.807) is 18.5 Å². The molecule has 1 aromatic carbocycles. The number of aryl methyl sites for hydroxylation is 1. The Morgan fingerprint density at radius 2 is 2.03 bits per heavy atom. The minimum atomic E-state index is -0.467. The molecule has 1 saturated carbocycles. The topological polar surface area (TPSA) is 83.8 Å². The van der Waals surface area contributed by atoms with E-state index in [-0.39, 0.29) is 5.82 Å². The highest BCUT2D eigenvalue weighted by atomic mass is 19.1. The Hall–Kier alpha value is -3.68. The van der Waals surface area contributed by atoms with Crippen LogP contribution < -0.4 is 10.5 Å². The third kappa shape index (κ3) is 3.20. The molecule has 4 heterocycles. The molecule has 0 spiro atoms. The van der Waals surface area contributed by atoms with Gasteiger partial charge in [0.25, 0.3) is 0 Å². The Balaban J connectivity index is 1.62. The summed E-state index contributed by atoms with van der Waals surface area (Å²) in [6.07, 6.45) is 7.23. The SMILES string of the molecule is C[C@H]1Oc2cc(cnc2N)-c2c(nn(C)c2C2CCC2)Cc2ccnn2-c2ccc(F)cc21. The Morgan fingerprint density at radius 3 is 2.82 bits per heavy atom. The van der Waals surface area contributed by atoms with Gasteiger partial charge in [0, 0.05) is 54.2 Å². The van der Waals surface area contributed by atoms with Gasteiger partial charge in [0.15, 0.2) is 11.6 Å². The fourth-order valence-electron chi connectivity index (χ4n) is 5.02. The van der Waals surface area contributed by atoms with Crippen molar-refractivity contribution in [3.63, 3.8) is 0 Å². The van der Waals surface area contributed by atoms with Crippen molar-refractivity contribution < 1.29 is 9.13 Å². The van der Waals surface area contributed by atoms with Gasteiger partial charge in [-0.25, -0.2) is 14.1 Å². The largest absolute Gasteiger partial charge is 0.482 e. The van der Waals surface area contributed by atoms with Gasteiger partial charge in [0.2, 0.25) is 0 Å². The van der Waals surface area contributed by atoms with Crippen LogP contribution in [-0.2, 0) is 13.5 Å². The van der Waals surface area contributed by atoms with Gasteiger partial charge in [-0.15, -0.1) is 0 Å². The van der Waals surface area contributed by atoms with Crippen LogP contribution in [-0.4, -0.2) is 24.5 Å². The molecular formula is C25H25FN6O. The van der Waals surface area contributed by atoms with Crippen LogP contribution in [0.2, 0.25) is 0 Å². The maximum atomic E-state index is 14.2. The first-order chi connectivity index (χ1) is 16.0. The number of hydrogen-bond acceptors (Lipinski definition) is 5. The quantitative estimate of drug-likeness (QED) is 0.460. The van der Waals surface area contributed by atoms with Crippen LogP contribution in [0.1, 0.15) is 60.9 Å². The van der Waals surface area contributed by atoms with Crippen molar-refractivity contribution in [1.29, 1.82) is 0 Å². The lowest BCUT2D eigenvalue weighted by Gasteiger charge is -2.27. The predicted octanol–water partition coefficient (Wildman–Crippen LogP) is 4.70. The van der Waals surface area contributed by atoms with Gasteiger partial charge in [-0.05, 0) is 50.1 Å². The number of benzene rings is 1. The molecule has 6 rings (SSSR count). The zero-order chi connectivity index (χ0) is 22.7. The summed E-state index contributed by atoms with van der Waals surface area (Å²) in [5, 5.41) is 9.51. The van der Waals surface area contributed by atoms with E-state index in [1.165, 1.54) is 24.2 Å². The molecule has 8 heteroatoms. The molecule has 2 N–H and O–H groups in total.